The Morgan fingerprint density at radius 3 is 2.27 bits per heavy atom. The molecule has 1 rings (SSSR count). The Morgan fingerprint density at radius 1 is 1.23 bits per heavy atom. The Hall–Kier alpha value is -1.47. The van der Waals surface area contributed by atoms with Crippen LogP contribution in [0, 0.1) is 5.41 Å². The van der Waals surface area contributed by atoms with Crippen LogP contribution in [0.3, 0.4) is 0 Å². The summed E-state index contributed by atoms with van der Waals surface area (Å²) < 4.78 is 0. The summed E-state index contributed by atoms with van der Waals surface area (Å²) in [5.74, 6) is -0.571. The van der Waals surface area contributed by atoms with Crippen molar-refractivity contribution in [2.75, 3.05) is 5.32 Å². The van der Waals surface area contributed by atoms with Gasteiger partial charge in [0.15, 0.2) is 5.13 Å². The molecule has 0 radical (unpaired) electrons. The van der Waals surface area contributed by atoms with Gasteiger partial charge in [0, 0.05) is 11.1 Å². The van der Waals surface area contributed by atoms with E-state index >= 15 is 0 Å². The van der Waals surface area contributed by atoms with Crippen molar-refractivity contribution in [3.8, 4) is 0 Å². The predicted molar refractivity (Wildman–Crippen MR) is 87.9 cm³/mol. The third kappa shape index (κ3) is 5.06. The van der Waals surface area contributed by atoms with Gasteiger partial charge in [-0.05, 0) is 18.3 Å². The first-order valence-corrected chi connectivity index (χ1v) is 8.09. The number of nitrogens with one attached hydrogen (secondary N) is 2. The van der Waals surface area contributed by atoms with Crippen LogP contribution in [0.15, 0.2) is 6.20 Å². The molecule has 124 valence electrons. The van der Waals surface area contributed by atoms with E-state index in [0.717, 1.165) is 4.88 Å². The first kappa shape index (κ1) is 18.6. The molecule has 1 aromatic heterocycles. The van der Waals surface area contributed by atoms with Crippen LogP contribution in [-0.4, -0.2) is 34.1 Å². The van der Waals surface area contributed by atoms with E-state index < -0.39 is 23.5 Å². The molecule has 0 aliphatic carbocycles. The van der Waals surface area contributed by atoms with Gasteiger partial charge >= 0.3 is 0 Å². The Kier molecular flexibility index (Phi) is 6.08. The van der Waals surface area contributed by atoms with Crippen molar-refractivity contribution in [3.63, 3.8) is 0 Å². The van der Waals surface area contributed by atoms with Crippen molar-refractivity contribution in [1.29, 1.82) is 0 Å². The number of aliphatic hydroxyl groups is 1. The van der Waals surface area contributed by atoms with Crippen molar-refractivity contribution in [2.24, 2.45) is 5.41 Å². The highest BCUT2D eigenvalue weighted by Gasteiger charge is 2.30. The summed E-state index contributed by atoms with van der Waals surface area (Å²) in [5, 5.41) is 15.6. The van der Waals surface area contributed by atoms with Gasteiger partial charge in [-0.1, -0.05) is 34.6 Å². The zero-order valence-corrected chi connectivity index (χ0v) is 14.7. The van der Waals surface area contributed by atoms with Crippen LogP contribution in [0.25, 0.3) is 0 Å². The van der Waals surface area contributed by atoms with E-state index in [1.807, 2.05) is 0 Å². The maximum Gasteiger partial charge on any atom is 0.250 e. The van der Waals surface area contributed by atoms with Crippen molar-refractivity contribution < 1.29 is 14.7 Å². The standard InChI is InChI=1S/C15H25N3O3S/c1-8(2)10-7-16-14(22-10)18-12(20)9(3)17-13(21)11(19)15(4,5)6/h7-9,11,19H,1-6H3,(H,17,21)(H,16,18,20)/t9-,11?/m0/s1. The van der Waals surface area contributed by atoms with E-state index in [9.17, 15) is 14.7 Å². The summed E-state index contributed by atoms with van der Waals surface area (Å²) in [6.07, 6.45) is 0.563. The van der Waals surface area contributed by atoms with Crippen LogP contribution in [0.2, 0.25) is 0 Å². The number of anilines is 1. The van der Waals surface area contributed by atoms with E-state index in [-0.39, 0.29) is 5.91 Å². The minimum Gasteiger partial charge on any atom is -0.383 e. The van der Waals surface area contributed by atoms with Crippen LogP contribution in [0.4, 0.5) is 5.13 Å². The second-order valence-corrected chi connectivity index (χ2v) is 7.77. The van der Waals surface area contributed by atoms with Gasteiger partial charge in [-0.2, -0.15) is 0 Å². The fourth-order valence-corrected chi connectivity index (χ4v) is 2.40. The molecule has 0 spiro atoms. The number of aromatic nitrogens is 1. The highest BCUT2D eigenvalue weighted by molar-refractivity contribution is 7.15. The molecular formula is C15H25N3O3S. The normalized spacial score (nSPS) is 14.5. The first-order chi connectivity index (χ1) is 10.0. The molecule has 0 aliphatic rings. The largest absolute Gasteiger partial charge is 0.383 e. The lowest BCUT2D eigenvalue weighted by Gasteiger charge is -2.26. The lowest BCUT2D eigenvalue weighted by atomic mass is 9.88. The van der Waals surface area contributed by atoms with Crippen molar-refractivity contribution in [2.45, 2.75) is 59.6 Å². The van der Waals surface area contributed by atoms with E-state index in [0.29, 0.717) is 11.0 Å². The maximum atomic E-state index is 12.1. The minimum atomic E-state index is -1.17. The molecule has 0 aromatic carbocycles. The molecule has 0 aliphatic heterocycles. The number of carbonyl (C=O) groups is 2. The van der Waals surface area contributed by atoms with Gasteiger partial charge in [0.05, 0.1) is 0 Å². The van der Waals surface area contributed by atoms with Crippen LogP contribution < -0.4 is 10.6 Å². The molecule has 0 saturated heterocycles. The lowest BCUT2D eigenvalue weighted by Crippen LogP contribution is -2.49. The monoisotopic (exact) mass is 327 g/mol. The number of thiazole rings is 1. The topological polar surface area (TPSA) is 91.3 Å². The molecule has 1 heterocycles. The molecule has 2 atom stereocenters. The highest BCUT2D eigenvalue weighted by Crippen LogP contribution is 2.25. The average molecular weight is 327 g/mol. The predicted octanol–water partition coefficient (Wildman–Crippen LogP) is 2.12. The Labute approximate surface area is 135 Å². The molecule has 7 heteroatoms. The summed E-state index contributed by atoms with van der Waals surface area (Å²) in [6, 6.07) is -0.754. The van der Waals surface area contributed by atoms with Crippen LogP contribution in [0.1, 0.15) is 52.3 Å². The van der Waals surface area contributed by atoms with Crippen LogP contribution in [-0.2, 0) is 9.59 Å². The van der Waals surface area contributed by atoms with Gasteiger partial charge in [-0.15, -0.1) is 11.3 Å². The number of rotatable bonds is 5. The van der Waals surface area contributed by atoms with Gasteiger partial charge in [0.1, 0.15) is 12.1 Å². The second-order valence-electron chi connectivity index (χ2n) is 6.71. The molecule has 3 N–H and O–H groups in total. The summed E-state index contributed by atoms with van der Waals surface area (Å²) in [6.45, 7) is 10.9. The summed E-state index contributed by atoms with van der Waals surface area (Å²) in [7, 11) is 0. The van der Waals surface area contributed by atoms with Crippen molar-refractivity contribution >= 4 is 28.3 Å². The minimum absolute atomic E-state index is 0.349. The van der Waals surface area contributed by atoms with Crippen molar-refractivity contribution in [1.82, 2.24) is 10.3 Å². The van der Waals surface area contributed by atoms with E-state index in [1.54, 1.807) is 33.9 Å². The highest BCUT2D eigenvalue weighted by atomic mass is 32.1. The van der Waals surface area contributed by atoms with E-state index in [4.69, 9.17) is 0 Å². The van der Waals surface area contributed by atoms with Gasteiger partial charge in [-0.3, -0.25) is 9.59 Å². The number of amides is 2. The molecule has 6 nitrogen and oxygen atoms in total. The zero-order valence-electron chi connectivity index (χ0n) is 13.9. The molecule has 1 aromatic rings. The SMILES string of the molecule is CC(C)c1cnc(NC(=O)[C@H](C)NC(=O)C(O)C(C)(C)C)s1. The smallest absolute Gasteiger partial charge is 0.250 e. The number of aliphatic hydroxyl groups excluding tert-OH is 1. The second kappa shape index (κ2) is 7.19. The van der Waals surface area contributed by atoms with Gasteiger partial charge in [0.25, 0.3) is 0 Å². The number of nitrogens with zero attached hydrogens (tertiary/aromatic N) is 1. The third-order valence-corrected chi connectivity index (χ3v) is 4.36. The number of hydrogen-bond acceptors (Lipinski definition) is 5. The average Bonchev–Trinajstić information content (AvgIpc) is 2.85. The van der Waals surface area contributed by atoms with Crippen molar-refractivity contribution in [3.05, 3.63) is 11.1 Å². The van der Waals surface area contributed by atoms with Crippen LogP contribution in [0.5, 0.6) is 0 Å². The van der Waals surface area contributed by atoms with Gasteiger partial charge in [0.2, 0.25) is 11.8 Å². The third-order valence-electron chi connectivity index (χ3n) is 3.14. The molecule has 22 heavy (non-hydrogen) atoms. The Bertz CT molecular complexity index is 534. The molecule has 0 saturated carbocycles. The summed E-state index contributed by atoms with van der Waals surface area (Å²) in [4.78, 5) is 29.2. The summed E-state index contributed by atoms with van der Waals surface area (Å²) >= 11 is 1.41. The van der Waals surface area contributed by atoms with Gasteiger partial charge < -0.3 is 15.7 Å². The Balaban J connectivity index is 2.60. The molecule has 0 bridgehead atoms. The molecular weight excluding hydrogens is 302 g/mol. The van der Waals surface area contributed by atoms with Gasteiger partial charge in [-0.25, -0.2) is 4.98 Å². The number of carbonyl (C=O) groups excluding carboxylic acids is 2. The van der Waals surface area contributed by atoms with Crippen LogP contribution >= 0.6 is 11.3 Å². The first-order valence-electron chi connectivity index (χ1n) is 7.27. The number of hydrogen-bond donors (Lipinski definition) is 3. The zero-order chi connectivity index (χ0) is 17.1. The molecule has 0 fully saturated rings. The maximum absolute atomic E-state index is 12.1. The molecule has 2 amide bonds. The fraction of sp³-hybridized carbons (Fsp3) is 0.667. The van der Waals surface area contributed by atoms with E-state index in [2.05, 4.69) is 29.5 Å². The quantitative estimate of drug-likeness (QED) is 0.772. The van der Waals surface area contributed by atoms with E-state index in [1.165, 1.54) is 11.3 Å². The molecule has 1 unspecified atom stereocenters. The Morgan fingerprint density at radius 2 is 1.82 bits per heavy atom. The fourth-order valence-electron chi connectivity index (χ4n) is 1.58. The lowest BCUT2D eigenvalue weighted by molar-refractivity contribution is -0.137. The summed E-state index contributed by atoms with van der Waals surface area (Å²) in [5.41, 5.74) is -0.582.